The van der Waals surface area contributed by atoms with Crippen LogP contribution in [-0.4, -0.2) is 23.7 Å². The van der Waals surface area contributed by atoms with Crippen LogP contribution in [0.1, 0.15) is 39.0 Å². The van der Waals surface area contributed by atoms with Gasteiger partial charge < -0.3 is 10.4 Å². The first kappa shape index (κ1) is 10.5. The van der Waals surface area contributed by atoms with E-state index in [2.05, 4.69) is 5.32 Å². The van der Waals surface area contributed by atoms with Crippen molar-refractivity contribution in [3.05, 3.63) is 0 Å². The van der Waals surface area contributed by atoms with Gasteiger partial charge in [-0.2, -0.15) is 0 Å². The number of aliphatic carboxylic acids is 1. The van der Waals surface area contributed by atoms with Crippen LogP contribution in [0, 0.1) is 5.92 Å². The molecule has 13 heavy (non-hydrogen) atoms. The maximum atomic E-state index is 10.3. The van der Waals surface area contributed by atoms with Gasteiger partial charge in [0.15, 0.2) is 0 Å². The number of hydrogen-bond donors (Lipinski definition) is 2. The van der Waals surface area contributed by atoms with Crippen LogP contribution in [0.2, 0.25) is 0 Å². The van der Waals surface area contributed by atoms with Gasteiger partial charge in [0.2, 0.25) is 0 Å². The van der Waals surface area contributed by atoms with Crippen molar-refractivity contribution in [2.24, 2.45) is 5.92 Å². The number of rotatable bonds is 6. The molecular formula is C10H19NO2. The van der Waals surface area contributed by atoms with Gasteiger partial charge in [0.05, 0.1) is 6.42 Å². The Balaban J connectivity index is 1.94. The maximum absolute atomic E-state index is 10.3. The highest BCUT2D eigenvalue weighted by Crippen LogP contribution is 2.28. The van der Waals surface area contributed by atoms with Gasteiger partial charge in [-0.1, -0.05) is 19.3 Å². The number of carboxylic acids is 1. The van der Waals surface area contributed by atoms with Gasteiger partial charge in [0.1, 0.15) is 0 Å². The van der Waals surface area contributed by atoms with E-state index in [1.807, 2.05) is 6.92 Å². The molecule has 3 heteroatoms. The molecule has 2 N–H and O–H groups in total. The van der Waals surface area contributed by atoms with Crippen molar-refractivity contribution in [2.75, 3.05) is 6.54 Å². The molecule has 1 aliphatic rings. The van der Waals surface area contributed by atoms with E-state index >= 15 is 0 Å². The van der Waals surface area contributed by atoms with Gasteiger partial charge in [-0.3, -0.25) is 4.79 Å². The SMILES string of the molecule is CC(CC(=O)O)NCCC1CCC1. The zero-order valence-corrected chi connectivity index (χ0v) is 8.25. The lowest BCUT2D eigenvalue weighted by molar-refractivity contribution is -0.137. The molecule has 0 radical (unpaired) electrons. The van der Waals surface area contributed by atoms with Crippen molar-refractivity contribution < 1.29 is 9.90 Å². The monoisotopic (exact) mass is 185 g/mol. The molecule has 0 heterocycles. The van der Waals surface area contributed by atoms with Crippen LogP contribution in [-0.2, 0) is 4.79 Å². The molecule has 0 aromatic rings. The normalized spacial score (nSPS) is 19.5. The summed E-state index contributed by atoms with van der Waals surface area (Å²) in [7, 11) is 0. The van der Waals surface area contributed by atoms with Crippen molar-refractivity contribution in [3.63, 3.8) is 0 Å². The van der Waals surface area contributed by atoms with Gasteiger partial charge >= 0.3 is 5.97 Å². The minimum Gasteiger partial charge on any atom is -0.481 e. The van der Waals surface area contributed by atoms with E-state index in [4.69, 9.17) is 5.11 Å². The second-order valence-corrected chi connectivity index (χ2v) is 4.04. The summed E-state index contributed by atoms with van der Waals surface area (Å²) in [6, 6.07) is 0.109. The van der Waals surface area contributed by atoms with Crippen LogP contribution in [0.25, 0.3) is 0 Å². The van der Waals surface area contributed by atoms with Crippen LogP contribution >= 0.6 is 0 Å². The molecule has 1 unspecified atom stereocenters. The van der Waals surface area contributed by atoms with E-state index in [0.717, 1.165) is 12.5 Å². The van der Waals surface area contributed by atoms with Crippen molar-refractivity contribution >= 4 is 5.97 Å². The van der Waals surface area contributed by atoms with E-state index in [0.29, 0.717) is 0 Å². The summed E-state index contributed by atoms with van der Waals surface area (Å²) in [5, 5.41) is 11.7. The van der Waals surface area contributed by atoms with Crippen LogP contribution < -0.4 is 5.32 Å². The fourth-order valence-electron chi connectivity index (χ4n) is 1.65. The summed E-state index contributed by atoms with van der Waals surface area (Å²) in [6.45, 7) is 2.90. The lowest BCUT2D eigenvalue weighted by atomic mass is 9.83. The van der Waals surface area contributed by atoms with E-state index in [1.165, 1.54) is 25.7 Å². The van der Waals surface area contributed by atoms with E-state index < -0.39 is 5.97 Å². The Bertz CT molecular complexity index is 166. The Morgan fingerprint density at radius 2 is 2.31 bits per heavy atom. The molecular weight excluding hydrogens is 166 g/mol. The second-order valence-electron chi connectivity index (χ2n) is 4.04. The molecule has 3 nitrogen and oxygen atoms in total. The third-order valence-electron chi connectivity index (χ3n) is 2.75. The largest absolute Gasteiger partial charge is 0.481 e. The van der Waals surface area contributed by atoms with Crippen molar-refractivity contribution in [2.45, 2.75) is 45.1 Å². The fourth-order valence-corrected chi connectivity index (χ4v) is 1.65. The molecule has 1 aliphatic carbocycles. The van der Waals surface area contributed by atoms with Crippen LogP contribution in [0.4, 0.5) is 0 Å². The highest BCUT2D eigenvalue weighted by atomic mass is 16.4. The van der Waals surface area contributed by atoms with Gasteiger partial charge in [-0.15, -0.1) is 0 Å². The van der Waals surface area contributed by atoms with Gasteiger partial charge in [0.25, 0.3) is 0 Å². The minimum atomic E-state index is -0.719. The first-order valence-corrected chi connectivity index (χ1v) is 5.13. The zero-order valence-electron chi connectivity index (χ0n) is 8.25. The standard InChI is InChI=1S/C10H19NO2/c1-8(7-10(12)13)11-6-5-9-3-2-4-9/h8-9,11H,2-7H2,1H3,(H,12,13). The number of carbonyl (C=O) groups is 1. The van der Waals surface area contributed by atoms with E-state index in [-0.39, 0.29) is 12.5 Å². The molecule has 1 atom stereocenters. The molecule has 76 valence electrons. The summed E-state index contributed by atoms with van der Waals surface area (Å²) >= 11 is 0. The highest BCUT2D eigenvalue weighted by Gasteiger charge is 2.16. The summed E-state index contributed by atoms with van der Waals surface area (Å²) in [4.78, 5) is 10.3. The van der Waals surface area contributed by atoms with E-state index in [9.17, 15) is 4.79 Å². The Morgan fingerprint density at radius 3 is 2.77 bits per heavy atom. The van der Waals surface area contributed by atoms with Crippen molar-refractivity contribution in [1.29, 1.82) is 0 Å². The zero-order chi connectivity index (χ0) is 9.68. The topological polar surface area (TPSA) is 49.3 Å². The first-order chi connectivity index (χ1) is 6.18. The van der Waals surface area contributed by atoms with E-state index in [1.54, 1.807) is 0 Å². The molecule has 1 fully saturated rings. The lowest BCUT2D eigenvalue weighted by Gasteiger charge is -2.25. The molecule has 0 saturated heterocycles. The predicted molar refractivity (Wildman–Crippen MR) is 51.7 cm³/mol. The summed E-state index contributed by atoms with van der Waals surface area (Å²) < 4.78 is 0. The summed E-state index contributed by atoms with van der Waals surface area (Å²) in [5.41, 5.74) is 0. The molecule has 0 aromatic heterocycles. The number of carboxylic acid groups (broad SMARTS) is 1. The van der Waals surface area contributed by atoms with Crippen molar-refractivity contribution in [3.8, 4) is 0 Å². The molecule has 0 amide bonds. The third-order valence-corrected chi connectivity index (χ3v) is 2.75. The number of nitrogens with one attached hydrogen (secondary N) is 1. The molecule has 1 saturated carbocycles. The van der Waals surface area contributed by atoms with Gasteiger partial charge in [0, 0.05) is 6.04 Å². The second kappa shape index (κ2) is 5.22. The number of hydrogen-bond acceptors (Lipinski definition) is 2. The summed E-state index contributed by atoms with van der Waals surface area (Å²) in [5.74, 6) is 0.188. The average molecular weight is 185 g/mol. The van der Waals surface area contributed by atoms with Crippen molar-refractivity contribution in [1.82, 2.24) is 5.32 Å². The lowest BCUT2D eigenvalue weighted by Crippen LogP contribution is -2.31. The minimum absolute atomic E-state index is 0.109. The van der Waals surface area contributed by atoms with Crippen LogP contribution in [0.3, 0.4) is 0 Å². The fraction of sp³-hybridized carbons (Fsp3) is 0.900. The first-order valence-electron chi connectivity index (χ1n) is 5.13. The van der Waals surface area contributed by atoms with Gasteiger partial charge in [-0.05, 0) is 25.8 Å². The van der Waals surface area contributed by atoms with Gasteiger partial charge in [-0.25, -0.2) is 0 Å². The Kier molecular flexibility index (Phi) is 4.22. The molecule has 0 aromatic carbocycles. The Morgan fingerprint density at radius 1 is 1.62 bits per heavy atom. The molecule has 0 aliphatic heterocycles. The maximum Gasteiger partial charge on any atom is 0.304 e. The average Bonchev–Trinajstić information content (AvgIpc) is 1.92. The molecule has 0 bridgehead atoms. The Labute approximate surface area is 79.5 Å². The third kappa shape index (κ3) is 4.27. The quantitative estimate of drug-likeness (QED) is 0.661. The Hall–Kier alpha value is -0.570. The smallest absolute Gasteiger partial charge is 0.304 e. The molecule has 1 rings (SSSR count). The predicted octanol–water partition coefficient (Wildman–Crippen LogP) is 1.63. The van der Waals surface area contributed by atoms with Crippen LogP contribution in [0.15, 0.2) is 0 Å². The highest BCUT2D eigenvalue weighted by molar-refractivity contribution is 5.67. The van der Waals surface area contributed by atoms with Crippen LogP contribution in [0.5, 0.6) is 0 Å². The molecule has 0 spiro atoms. The summed E-state index contributed by atoms with van der Waals surface area (Å²) in [6.07, 6.45) is 5.56.